The molecule has 0 aromatic carbocycles. The number of rotatable bonds is 5. The predicted octanol–water partition coefficient (Wildman–Crippen LogP) is 2.06. The molecule has 1 aliphatic rings. The van der Waals surface area contributed by atoms with Crippen LogP contribution in [0.4, 0.5) is 0 Å². The molecule has 2 atom stereocenters. The van der Waals surface area contributed by atoms with Gasteiger partial charge in [0.25, 0.3) is 0 Å². The van der Waals surface area contributed by atoms with Crippen LogP contribution in [0.3, 0.4) is 0 Å². The van der Waals surface area contributed by atoms with Crippen molar-refractivity contribution in [2.45, 2.75) is 51.6 Å². The van der Waals surface area contributed by atoms with E-state index in [9.17, 15) is 4.79 Å². The summed E-state index contributed by atoms with van der Waals surface area (Å²) in [5.41, 5.74) is 6.06. The third kappa shape index (κ3) is 6.24. The Labute approximate surface area is 138 Å². The van der Waals surface area contributed by atoms with E-state index in [4.69, 9.17) is 5.73 Å². The maximum absolute atomic E-state index is 11.9. The molecule has 2 rings (SSSR count). The number of amides is 1. The molecule has 1 heterocycles. The van der Waals surface area contributed by atoms with E-state index in [1.165, 1.54) is 12.8 Å². The first-order valence-corrected chi connectivity index (χ1v) is 7.17. The summed E-state index contributed by atoms with van der Waals surface area (Å²) in [6, 6.07) is 0.204. The minimum Gasteiger partial charge on any atom is -0.354 e. The molecule has 2 unspecified atom stereocenters. The van der Waals surface area contributed by atoms with E-state index >= 15 is 0 Å². The van der Waals surface area contributed by atoms with Gasteiger partial charge in [-0.1, -0.05) is 12.8 Å². The van der Waals surface area contributed by atoms with Crippen LogP contribution in [0.2, 0.25) is 0 Å². The fraction of sp³-hybridized carbons (Fsp3) is 0.714. The monoisotopic (exact) mass is 336 g/mol. The summed E-state index contributed by atoms with van der Waals surface area (Å²) in [5, 5.41) is 2.97. The van der Waals surface area contributed by atoms with Crippen molar-refractivity contribution in [1.29, 1.82) is 0 Å². The number of aromatic nitrogens is 2. The van der Waals surface area contributed by atoms with Crippen LogP contribution in [0, 0.1) is 12.8 Å². The lowest BCUT2D eigenvalue weighted by Crippen LogP contribution is -2.37. The summed E-state index contributed by atoms with van der Waals surface area (Å²) < 4.78 is 2.03. The highest BCUT2D eigenvalue weighted by Crippen LogP contribution is 2.25. The summed E-state index contributed by atoms with van der Waals surface area (Å²) >= 11 is 0. The minimum absolute atomic E-state index is 0. The summed E-state index contributed by atoms with van der Waals surface area (Å²) in [6.07, 6.45) is 8.85. The van der Waals surface area contributed by atoms with Crippen LogP contribution >= 0.6 is 24.8 Å². The molecule has 3 N–H and O–H groups in total. The number of nitrogens with two attached hydrogens (primary N) is 1. The molecule has 0 spiro atoms. The molecule has 0 radical (unpaired) electrons. The first-order valence-electron chi connectivity index (χ1n) is 7.17. The van der Waals surface area contributed by atoms with Crippen molar-refractivity contribution in [3.63, 3.8) is 0 Å². The number of hydrogen-bond donors (Lipinski definition) is 2. The van der Waals surface area contributed by atoms with Crippen LogP contribution in [0.5, 0.6) is 0 Å². The fourth-order valence-corrected chi connectivity index (χ4v) is 2.76. The van der Waals surface area contributed by atoms with Crippen molar-refractivity contribution >= 4 is 30.7 Å². The Morgan fingerprint density at radius 2 is 2.14 bits per heavy atom. The molecule has 5 nitrogen and oxygen atoms in total. The van der Waals surface area contributed by atoms with E-state index in [2.05, 4.69) is 10.3 Å². The lowest BCUT2D eigenvalue weighted by molar-refractivity contribution is -0.122. The van der Waals surface area contributed by atoms with Crippen molar-refractivity contribution in [3.05, 3.63) is 18.2 Å². The fourth-order valence-electron chi connectivity index (χ4n) is 2.76. The first-order chi connectivity index (χ1) is 9.16. The Bertz CT molecular complexity index is 425. The van der Waals surface area contributed by atoms with E-state index in [-0.39, 0.29) is 36.8 Å². The lowest BCUT2D eigenvalue weighted by atomic mass is 9.83. The lowest BCUT2D eigenvalue weighted by Gasteiger charge is -2.27. The van der Waals surface area contributed by atoms with E-state index in [1.807, 2.05) is 17.7 Å². The largest absolute Gasteiger partial charge is 0.354 e. The van der Waals surface area contributed by atoms with Gasteiger partial charge in [0.1, 0.15) is 5.82 Å². The number of aryl methyl sites for hydroxylation is 1. The Morgan fingerprint density at radius 3 is 2.76 bits per heavy atom. The summed E-state index contributed by atoms with van der Waals surface area (Å²) in [4.78, 5) is 16.0. The van der Waals surface area contributed by atoms with Gasteiger partial charge in [-0.3, -0.25) is 4.79 Å². The van der Waals surface area contributed by atoms with Gasteiger partial charge in [0.15, 0.2) is 0 Å². The molecular formula is C14H26Cl2N4O. The topological polar surface area (TPSA) is 72.9 Å². The van der Waals surface area contributed by atoms with Crippen LogP contribution in [0.25, 0.3) is 0 Å². The Kier molecular flexibility index (Phi) is 9.66. The average Bonchev–Trinajstić information content (AvgIpc) is 2.78. The van der Waals surface area contributed by atoms with Crippen molar-refractivity contribution < 1.29 is 4.79 Å². The van der Waals surface area contributed by atoms with Crippen LogP contribution in [0.15, 0.2) is 12.4 Å². The van der Waals surface area contributed by atoms with E-state index in [0.717, 1.165) is 25.2 Å². The molecule has 1 aliphatic carbocycles. The Morgan fingerprint density at radius 1 is 1.43 bits per heavy atom. The summed E-state index contributed by atoms with van der Waals surface area (Å²) in [7, 11) is 0. The van der Waals surface area contributed by atoms with Gasteiger partial charge in [-0.2, -0.15) is 0 Å². The van der Waals surface area contributed by atoms with Crippen molar-refractivity contribution in [2.75, 3.05) is 6.54 Å². The number of hydrogen-bond acceptors (Lipinski definition) is 3. The van der Waals surface area contributed by atoms with E-state index < -0.39 is 0 Å². The molecule has 0 aliphatic heterocycles. The minimum atomic E-state index is 0. The number of nitrogens with zero attached hydrogens (tertiary/aromatic N) is 2. The van der Waals surface area contributed by atoms with Gasteiger partial charge in [0, 0.05) is 37.9 Å². The Hall–Kier alpha value is -0.780. The third-order valence-corrected chi connectivity index (χ3v) is 4.01. The van der Waals surface area contributed by atoms with Crippen LogP contribution in [0.1, 0.15) is 37.9 Å². The van der Waals surface area contributed by atoms with Crippen molar-refractivity contribution in [1.82, 2.24) is 14.9 Å². The zero-order valence-corrected chi connectivity index (χ0v) is 14.1. The highest BCUT2D eigenvalue weighted by atomic mass is 35.5. The highest BCUT2D eigenvalue weighted by Gasteiger charge is 2.23. The molecule has 21 heavy (non-hydrogen) atoms. The third-order valence-electron chi connectivity index (χ3n) is 4.01. The van der Waals surface area contributed by atoms with Crippen LogP contribution in [-0.4, -0.2) is 28.0 Å². The number of carbonyl (C=O) groups excluding carboxylic acids is 1. The van der Waals surface area contributed by atoms with Gasteiger partial charge in [0.2, 0.25) is 5.91 Å². The molecule has 1 amide bonds. The van der Waals surface area contributed by atoms with Gasteiger partial charge in [0.05, 0.1) is 0 Å². The second-order valence-electron chi connectivity index (χ2n) is 5.43. The number of imidazole rings is 1. The molecule has 7 heteroatoms. The summed E-state index contributed by atoms with van der Waals surface area (Å²) in [6.45, 7) is 3.38. The zero-order valence-electron chi connectivity index (χ0n) is 12.5. The van der Waals surface area contributed by atoms with Gasteiger partial charge in [-0.05, 0) is 25.7 Å². The smallest absolute Gasteiger partial charge is 0.220 e. The SMILES string of the molecule is Cc1nccn1CCNC(=O)CC1CCCCC1N.Cl.Cl. The van der Waals surface area contributed by atoms with Crippen LogP contribution < -0.4 is 11.1 Å². The molecular weight excluding hydrogens is 311 g/mol. The molecule has 1 aromatic heterocycles. The van der Waals surface area contributed by atoms with Crippen molar-refractivity contribution in [3.8, 4) is 0 Å². The van der Waals surface area contributed by atoms with Crippen molar-refractivity contribution in [2.24, 2.45) is 11.7 Å². The number of nitrogens with one attached hydrogen (secondary N) is 1. The quantitative estimate of drug-likeness (QED) is 0.864. The molecule has 1 saturated carbocycles. The van der Waals surface area contributed by atoms with Crippen LogP contribution in [-0.2, 0) is 11.3 Å². The zero-order chi connectivity index (χ0) is 13.7. The Balaban J connectivity index is 0.00000200. The highest BCUT2D eigenvalue weighted by molar-refractivity contribution is 5.85. The normalized spacial score (nSPS) is 21.0. The van der Waals surface area contributed by atoms with E-state index in [0.29, 0.717) is 18.9 Å². The maximum atomic E-state index is 11.9. The number of halogens is 2. The molecule has 1 aromatic rings. The maximum Gasteiger partial charge on any atom is 0.220 e. The number of carbonyl (C=O) groups is 1. The molecule has 122 valence electrons. The first kappa shape index (κ1) is 20.2. The second kappa shape index (κ2) is 10.0. The predicted molar refractivity (Wildman–Crippen MR) is 89.0 cm³/mol. The summed E-state index contributed by atoms with van der Waals surface area (Å²) in [5.74, 6) is 1.47. The second-order valence-corrected chi connectivity index (χ2v) is 5.43. The molecule has 0 bridgehead atoms. The van der Waals surface area contributed by atoms with Gasteiger partial charge >= 0.3 is 0 Å². The molecule has 1 fully saturated rings. The van der Waals surface area contributed by atoms with E-state index in [1.54, 1.807) is 6.20 Å². The standard InChI is InChI=1S/C14H24N4O.2ClH/c1-11-16-6-8-18(11)9-7-17-14(19)10-12-4-2-3-5-13(12)15;;/h6,8,12-13H,2-5,7,9-10,15H2,1H3,(H,17,19);2*1H. The average molecular weight is 337 g/mol. The van der Waals surface area contributed by atoms with Gasteiger partial charge < -0.3 is 15.6 Å². The van der Waals surface area contributed by atoms with Gasteiger partial charge in [-0.15, -0.1) is 24.8 Å². The molecule has 0 saturated heterocycles. The van der Waals surface area contributed by atoms with Gasteiger partial charge in [-0.25, -0.2) is 4.98 Å².